The summed E-state index contributed by atoms with van der Waals surface area (Å²) < 4.78 is 5.82. The number of hydrogen-bond acceptors (Lipinski definition) is 5. The van der Waals surface area contributed by atoms with Crippen LogP contribution in [0.3, 0.4) is 0 Å². The van der Waals surface area contributed by atoms with Gasteiger partial charge in [0.15, 0.2) is 5.65 Å². The van der Waals surface area contributed by atoms with Gasteiger partial charge in [-0.15, -0.1) is 0 Å². The van der Waals surface area contributed by atoms with Crippen LogP contribution in [0.1, 0.15) is 10.4 Å². The van der Waals surface area contributed by atoms with Crippen molar-refractivity contribution in [3.8, 4) is 0 Å². The van der Waals surface area contributed by atoms with E-state index >= 15 is 0 Å². The lowest BCUT2D eigenvalue weighted by Crippen LogP contribution is -2.07. The maximum atomic E-state index is 11.3. The number of methoxy groups -OCH3 is 1. The fraction of sp³-hybridized carbons (Fsp3) is 0.125. The third kappa shape index (κ3) is 1.39. The fourth-order valence-electron chi connectivity index (χ4n) is 1.17. The van der Waals surface area contributed by atoms with Crippen LogP contribution in [0, 0.1) is 0 Å². The zero-order chi connectivity index (χ0) is 11.0. The molecule has 0 aromatic carbocycles. The monoisotopic (exact) mass is 226 g/mol. The first-order valence-corrected chi connectivity index (χ1v) is 4.39. The molecule has 0 saturated heterocycles. The minimum absolute atomic E-state index is 0.128. The minimum atomic E-state index is -0.566. The molecule has 0 atom stereocenters. The standard InChI is InChI=1S/C8H7ClN4O2/c1-15-8(14)4-2-11-7-5(10)3-12-13(7)6(4)9/h2-3H,10H2,1H3. The largest absolute Gasteiger partial charge is 0.465 e. The average Bonchev–Trinajstić information content (AvgIpc) is 2.61. The first-order valence-electron chi connectivity index (χ1n) is 4.01. The van der Waals surface area contributed by atoms with Crippen molar-refractivity contribution >= 4 is 28.9 Å². The number of carbonyl (C=O) groups is 1. The molecule has 2 rings (SSSR count). The number of nitrogen functional groups attached to an aromatic ring is 1. The lowest BCUT2D eigenvalue weighted by atomic mass is 10.3. The van der Waals surface area contributed by atoms with Crippen molar-refractivity contribution in [2.45, 2.75) is 0 Å². The van der Waals surface area contributed by atoms with Gasteiger partial charge < -0.3 is 10.5 Å². The predicted octanol–water partition coefficient (Wildman–Crippen LogP) is 0.751. The van der Waals surface area contributed by atoms with Crippen LogP contribution in [-0.2, 0) is 4.74 Å². The van der Waals surface area contributed by atoms with Crippen molar-refractivity contribution < 1.29 is 9.53 Å². The number of aromatic nitrogens is 3. The van der Waals surface area contributed by atoms with Crippen molar-refractivity contribution in [1.82, 2.24) is 14.6 Å². The van der Waals surface area contributed by atoms with Crippen molar-refractivity contribution in [3.63, 3.8) is 0 Å². The van der Waals surface area contributed by atoms with Gasteiger partial charge in [-0.25, -0.2) is 14.3 Å². The van der Waals surface area contributed by atoms with Crippen molar-refractivity contribution in [2.24, 2.45) is 0 Å². The van der Waals surface area contributed by atoms with Gasteiger partial charge in [-0.3, -0.25) is 0 Å². The molecule has 0 bridgehead atoms. The molecular weight excluding hydrogens is 220 g/mol. The number of nitrogens with zero attached hydrogens (tertiary/aromatic N) is 3. The normalized spacial score (nSPS) is 10.5. The number of ether oxygens (including phenoxy) is 1. The molecule has 78 valence electrons. The first-order chi connectivity index (χ1) is 7.15. The minimum Gasteiger partial charge on any atom is -0.465 e. The summed E-state index contributed by atoms with van der Waals surface area (Å²) in [7, 11) is 1.26. The van der Waals surface area contributed by atoms with Crippen LogP contribution in [0.5, 0.6) is 0 Å². The van der Waals surface area contributed by atoms with Crippen molar-refractivity contribution in [1.29, 1.82) is 0 Å². The number of anilines is 1. The van der Waals surface area contributed by atoms with E-state index in [1.165, 1.54) is 24.0 Å². The number of rotatable bonds is 1. The van der Waals surface area contributed by atoms with Crippen LogP contribution in [0.25, 0.3) is 5.65 Å². The van der Waals surface area contributed by atoms with E-state index < -0.39 is 5.97 Å². The molecular formula is C8H7ClN4O2. The Morgan fingerprint density at radius 1 is 1.60 bits per heavy atom. The highest BCUT2D eigenvalue weighted by molar-refractivity contribution is 6.32. The molecule has 0 saturated carbocycles. The lowest BCUT2D eigenvalue weighted by Gasteiger charge is -2.03. The van der Waals surface area contributed by atoms with E-state index in [4.69, 9.17) is 17.3 Å². The number of hydrogen-bond donors (Lipinski definition) is 1. The number of nitrogens with two attached hydrogens (primary N) is 1. The van der Waals surface area contributed by atoms with Gasteiger partial charge in [0.25, 0.3) is 0 Å². The van der Waals surface area contributed by atoms with Crippen LogP contribution >= 0.6 is 11.6 Å². The number of fused-ring (bicyclic) bond motifs is 1. The Hall–Kier alpha value is -1.82. The van der Waals surface area contributed by atoms with Gasteiger partial charge >= 0.3 is 5.97 Å². The molecule has 0 amide bonds. The molecule has 15 heavy (non-hydrogen) atoms. The highest BCUT2D eigenvalue weighted by atomic mass is 35.5. The summed E-state index contributed by atoms with van der Waals surface area (Å²) in [4.78, 5) is 15.2. The Morgan fingerprint density at radius 2 is 2.33 bits per heavy atom. The van der Waals surface area contributed by atoms with Crippen LogP contribution < -0.4 is 5.73 Å². The third-order valence-electron chi connectivity index (χ3n) is 1.90. The molecule has 0 aliphatic rings. The number of esters is 1. The third-order valence-corrected chi connectivity index (χ3v) is 2.26. The van der Waals surface area contributed by atoms with E-state index in [1.54, 1.807) is 0 Å². The van der Waals surface area contributed by atoms with Crippen molar-refractivity contribution in [2.75, 3.05) is 12.8 Å². The molecule has 0 unspecified atom stereocenters. The van der Waals surface area contributed by atoms with Gasteiger partial charge in [0, 0.05) is 6.20 Å². The highest BCUT2D eigenvalue weighted by Gasteiger charge is 2.16. The van der Waals surface area contributed by atoms with Gasteiger partial charge in [0.1, 0.15) is 10.7 Å². The summed E-state index contributed by atoms with van der Waals surface area (Å²) in [5, 5.41) is 4.01. The second-order valence-corrected chi connectivity index (χ2v) is 3.15. The van der Waals surface area contributed by atoms with Gasteiger partial charge in [0.05, 0.1) is 19.0 Å². The zero-order valence-electron chi connectivity index (χ0n) is 7.77. The van der Waals surface area contributed by atoms with E-state index in [1.807, 2.05) is 0 Å². The topological polar surface area (TPSA) is 82.5 Å². The maximum Gasteiger partial charge on any atom is 0.342 e. The Labute approximate surface area is 89.6 Å². The van der Waals surface area contributed by atoms with E-state index in [2.05, 4.69) is 14.8 Å². The Bertz CT molecular complexity index is 537. The molecule has 2 heterocycles. The molecule has 7 heteroatoms. The first kappa shape index (κ1) is 9.72. The molecule has 0 aliphatic carbocycles. The smallest absolute Gasteiger partial charge is 0.342 e. The zero-order valence-corrected chi connectivity index (χ0v) is 8.52. The number of halogens is 1. The van der Waals surface area contributed by atoms with Crippen LogP contribution in [0.15, 0.2) is 12.4 Å². The highest BCUT2D eigenvalue weighted by Crippen LogP contribution is 2.19. The van der Waals surface area contributed by atoms with Crippen LogP contribution in [0.2, 0.25) is 5.15 Å². The summed E-state index contributed by atoms with van der Waals surface area (Å²) >= 11 is 5.93. The van der Waals surface area contributed by atoms with Gasteiger partial charge in [0.2, 0.25) is 0 Å². The Morgan fingerprint density at radius 3 is 3.00 bits per heavy atom. The summed E-state index contributed by atoms with van der Waals surface area (Å²) in [6.07, 6.45) is 2.72. The SMILES string of the molecule is COC(=O)c1cnc2c(N)cnn2c1Cl. The van der Waals surface area contributed by atoms with Gasteiger partial charge in [-0.1, -0.05) is 11.6 Å². The Kier molecular flexibility index (Phi) is 2.20. The molecule has 2 aromatic rings. The van der Waals surface area contributed by atoms with E-state index in [0.29, 0.717) is 11.3 Å². The molecule has 0 spiro atoms. The molecule has 2 N–H and O–H groups in total. The molecule has 0 radical (unpaired) electrons. The van der Waals surface area contributed by atoms with E-state index in [0.717, 1.165) is 0 Å². The average molecular weight is 227 g/mol. The van der Waals surface area contributed by atoms with Crippen LogP contribution in [0.4, 0.5) is 5.69 Å². The predicted molar refractivity (Wildman–Crippen MR) is 53.7 cm³/mol. The van der Waals surface area contributed by atoms with Gasteiger partial charge in [-0.05, 0) is 0 Å². The van der Waals surface area contributed by atoms with E-state index in [-0.39, 0.29) is 10.7 Å². The Balaban J connectivity index is 2.71. The quantitative estimate of drug-likeness (QED) is 0.573. The fourth-order valence-corrected chi connectivity index (χ4v) is 1.42. The second kappa shape index (κ2) is 3.39. The van der Waals surface area contributed by atoms with Crippen molar-refractivity contribution in [3.05, 3.63) is 23.1 Å². The van der Waals surface area contributed by atoms with Gasteiger partial charge in [-0.2, -0.15) is 5.10 Å². The molecule has 0 aliphatic heterocycles. The molecule has 6 nitrogen and oxygen atoms in total. The number of carbonyl (C=O) groups excluding carboxylic acids is 1. The molecule has 0 fully saturated rings. The summed E-state index contributed by atoms with van der Waals surface area (Å²) in [6, 6.07) is 0. The second-order valence-electron chi connectivity index (χ2n) is 2.79. The summed E-state index contributed by atoms with van der Waals surface area (Å²) in [6.45, 7) is 0. The molecule has 2 aromatic heterocycles. The van der Waals surface area contributed by atoms with Crippen LogP contribution in [-0.4, -0.2) is 27.7 Å². The summed E-state index contributed by atoms with van der Waals surface area (Å²) in [5.74, 6) is -0.566. The lowest BCUT2D eigenvalue weighted by molar-refractivity contribution is 0.0600. The maximum absolute atomic E-state index is 11.3. The van der Waals surface area contributed by atoms with E-state index in [9.17, 15) is 4.79 Å². The summed E-state index contributed by atoms with van der Waals surface area (Å²) in [5.41, 5.74) is 6.54.